The third kappa shape index (κ3) is 6.50. The van der Waals surface area contributed by atoms with E-state index >= 15 is 0 Å². The third-order valence-corrected chi connectivity index (χ3v) is 2.43. The zero-order chi connectivity index (χ0) is 16.1. The van der Waals surface area contributed by atoms with Crippen molar-refractivity contribution in [3.63, 3.8) is 0 Å². The zero-order valence-electron chi connectivity index (χ0n) is 11.1. The predicted molar refractivity (Wildman–Crippen MR) is 65.0 cm³/mol. The fraction of sp³-hybridized carbons (Fsp3) is 0.636. The minimum Gasteiger partial charge on any atom is -0.370 e. The molecule has 0 amide bonds. The van der Waals surface area contributed by atoms with Crippen LogP contribution in [0.25, 0.3) is 0 Å². The number of hydrogen-bond donors (Lipinski definition) is 2. The summed E-state index contributed by atoms with van der Waals surface area (Å²) in [5.41, 5.74) is -1.13. The van der Waals surface area contributed by atoms with Gasteiger partial charge in [0.05, 0.1) is 0 Å². The Hall–Kier alpha value is -1.74. The van der Waals surface area contributed by atoms with Crippen LogP contribution in [-0.4, -0.2) is 29.7 Å². The van der Waals surface area contributed by atoms with Crippen LogP contribution < -0.4 is 10.6 Å². The molecule has 1 aromatic rings. The monoisotopic (exact) mass is 316 g/mol. The first-order chi connectivity index (χ1) is 9.62. The SMILES string of the molecule is CNc1nc(NCCCCC(F)(F)F)cc(C(F)(F)F)n1. The van der Waals surface area contributed by atoms with E-state index in [-0.39, 0.29) is 31.2 Å². The number of hydrogen-bond acceptors (Lipinski definition) is 4. The third-order valence-electron chi connectivity index (χ3n) is 2.43. The molecule has 4 nitrogen and oxygen atoms in total. The lowest BCUT2D eigenvalue weighted by Gasteiger charge is -2.11. The quantitative estimate of drug-likeness (QED) is 0.621. The standard InChI is InChI=1S/C11H14F6N4/c1-18-9-20-7(11(15,16)17)6-8(21-9)19-5-3-2-4-10(12,13)14/h6H,2-5H2,1H3,(H2,18,19,20,21). The van der Waals surface area contributed by atoms with Gasteiger partial charge in [-0.05, 0) is 12.8 Å². The van der Waals surface area contributed by atoms with Crippen molar-refractivity contribution in [2.45, 2.75) is 31.6 Å². The summed E-state index contributed by atoms with van der Waals surface area (Å²) in [6.45, 7) is 0.0908. The Kier molecular flexibility index (Phi) is 5.62. The molecule has 0 aliphatic carbocycles. The highest BCUT2D eigenvalue weighted by atomic mass is 19.4. The lowest BCUT2D eigenvalue weighted by Crippen LogP contribution is -2.14. The number of unbranched alkanes of at least 4 members (excludes halogenated alkanes) is 1. The fourth-order valence-corrected chi connectivity index (χ4v) is 1.46. The Morgan fingerprint density at radius 1 is 1.05 bits per heavy atom. The molecule has 1 heterocycles. The maximum atomic E-state index is 12.6. The van der Waals surface area contributed by atoms with Crippen LogP contribution in [0.5, 0.6) is 0 Å². The Balaban J connectivity index is 2.59. The molecule has 10 heteroatoms. The van der Waals surface area contributed by atoms with Crippen LogP contribution in [0.3, 0.4) is 0 Å². The second-order valence-electron chi connectivity index (χ2n) is 4.21. The summed E-state index contributed by atoms with van der Waals surface area (Å²) < 4.78 is 73.5. The summed E-state index contributed by atoms with van der Waals surface area (Å²) in [5, 5.41) is 4.95. The van der Waals surface area contributed by atoms with Gasteiger partial charge in [-0.15, -0.1) is 0 Å². The Bertz CT molecular complexity index is 457. The molecular formula is C11H14F6N4. The average Bonchev–Trinajstić information content (AvgIpc) is 2.35. The normalized spacial score (nSPS) is 12.3. The topological polar surface area (TPSA) is 49.8 Å². The molecule has 0 spiro atoms. The number of halogens is 6. The van der Waals surface area contributed by atoms with Crippen LogP contribution in [0.2, 0.25) is 0 Å². The van der Waals surface area contributed by atoms with Gasteiger partial charge in [-0.25, -0.2) is 4.98 Å². The summed E-state index contributed by atoms with van der Waals surface area (Å²) in [6.07, 6.45) is -9.71. The largest absolute Gasteiger partial charge is 0.433 e. The zero-order valence-corrected chi connectivity index (χ0v) is 11.1. The molecule has 0 radical (unpaired) electrons. The lowest BCUT2D eigenvalue weighted by molar-refractivity contribution is -0.141. The van der Waals surface area contributed by atoms with E-state index in [2.05, 4.69) is 20.6 Å². The molecule has 0 unspecified atom stereocenters. The van der Waals surface area contributed by atoms with Gasteiger partial charge in [-0.2, -0.15) is 31.3 Å². The molecule has 0 aliphatic heterocycles. The maximum absolute atomic E-state index is 12.6. The first-order valence-electron chi connectivity index (χ1n) is 6.06. The van der Waals surface area contributed by atoms with Gasteiger partial charge in [0.2, 0.25) is 5.95 Å². The number of nitrogens with zero attached hydrogens (tertiary/aromatic N) is 2. The number of alkyl halides is 6. The molecule has 0 aromatic carbocycles. The van der Waals surface area contributed by atoms with Crippen molar-refractivity contribution in [2.24, 2.45) is 0 Å². The predicted octanol–water partition coefficient (Wildman–Crippen LogP) is 3.68. The lowest BCUT2D eigenvalue weighted by atomic mass is 10.2. The van der Waals surface area contributed by atoms with Crippen LogP contribution in [-0.2, 0) is 6.18 Å². The molecule has 1 aromatic heterocycles. The molecule has 0 saturated carbocycles. The number of rotatable bonds is 6. The van der Waals surface area contributed by atoms with Crippen LogP contribution in [0, 0.1) is 0 Å². The van der Waals surface area contributed by atoms with Crippen molar-refractivity contribution < 1.29 is 26.3 Å². The summed E-state index contributed by atoms with van der Waals surface area (Å²) >= 11 is 0. The van der Waals surface area contributed by atoms with E-state index in [1.807, 2.05) is 0 Å². The van der Waals surface area contributed by atoms with Crippen molar-refractivity contribution in [3.8, 4) is 0 Å². The van der Waals surface area contributed by atoms with E-state index in [4.69, 9.17) is 0 Å². The smallest absolute Gasteiger partial charge is 0.370 e. The van der Waals surface area contributed by atoms with Gasteiger partial charge < -0.3 is 10.6 Å². The second-order valence-corrected chi connectivity index (χ2v) is 4.21. The van der Waals surface area contributed by atoms with Crippen LogP contribution >= 0.6 is 0 Å². The van der Waals surface area contributed by atoms with Crippen LogP contribution in [0.4, 0.5) is 38.1 Å². The molecule has 21 heavy (non-hydrogen) atoms. The molecule has 0 atom stereocenters. The molecule has 0 saturated heterocycles. The minimum atomic E-state index is -4.62. The molecular weight excluding hydrogens is 302 g/mol. The first kappa shape index (κ1) is 17.3. The van der Waals surface area contributed by atoms with E-state index in [9.17, 15) is 26.3 Å². The summed E-state index contributed by atoms with van der Waals surface area (Å²) in [7, 11) is 1.36. The van der Waals surface area contributed by atoms with Crippen molar-refractivity contribution in [3.05, 3.63) is 11.8 Å². The Labute approximate surface area is 117 Å². The molecule has 1 rings (SSSR count). The molecule has 0 fully saturated rings. The maximum Gasteiger partial charge on any atom is 0.433 e. The second kappa shape index (κ2) is 6.81. The van der Waals surface area contributed by atoms with E-state index in [1.54, 1.807) is 0 Å². The number of anilines is 2. The van der Waals surface area contributed by atoms with Gasteiger partial charge in [0, 0.05) is 26.1 Å². The van der Waals surface area contributed by atoms with Gasteiger partial charge in [-0.3, -0.25) is 0 Å². The highest BCUT2D eigenvalue weighted by Gasteiger charge is 2.33. The van der Waals surface area contributed by atoms with E-state index in [0.29, 0.717) is 6.07 Å². The molecule has 120 valence electrons. The molecule has 2 N–H and O–H groups in total. The van der Waals surface area contributed by atoms with Gasteiger partial charge in [0.1, 0.15) is 5.82 Å². The van der Waals surface area contributed by atoms with Gasteiger partial charge in [0.25, 0.3) is 0 Å². The van der Waals surface area contributed by atoms with Crippen molar-refractivity contribution in [1.82, 2.24) is 9.97 Å². The fourth-order valence-electron chi connectivity index (χ4n) is 1.46. The Morgan fingerprint density at radius 2 is 1.71 bits per heavy atom. The first-order valence-corrected chi connectivity index (χ1v) is 6.06. The average molecular weight is 316 g/mol. The highest BCUT2D eigenvalue weighted by molar-refractivity contribution is 5.42. The van der Waals surface area contributed by atoms with Crippen molar-refractivity contribution in [1.29, 1.82) is 0 Å². The van der Waals surface area contributed by atoms with Crippen LogP contribution in [0.1, 0.15) is 25.0 Å². The summed E-state index contributed by atoms with van der Waals surface area (Å²) in [4.78, 5) is 7.02. The molecule has 0 bridgehead atoms. The summed E-state index contributed by atoms with van der Waals surface area (Å²) in [5.74, 6) is -0.309. The van der Waals surface area contributed by atoms with Crippen LogP contribution in [0.15, 0.2) is 6.07 Å². The Morgan fingerprint density at radius 3 is 2.24 bits per heavy atom. The summed E-state index contributed by atoms with van der Waals surface area (Å²) in [6, 6.07) is 0.713. The van der Waals surface area contributed by atoms with Gasteiger partial charge in [0.15, 0.2) is 5.69 Å². The van der Waals surface area contributed by atoms with Crippen molar-refractivity contribution in [2.75, 3.05) is 24.2 Å². The van der Waals surface area contributed by atoms with Gasteiger partial charge in [-0.1, -0.05) is 0 Å². The number of aromatic nitrogens is 2. The highest BCUT2D eigenvalue weighted by Crippen LogP contribution is 2.29. The van der Waals surface area contributed by atoms with E-state index < -0.39 is 24.5 Å². The number of nitrogens with one attached hydrogen (secondary N) is 2. The van der Waals surface area contributed by atoms with Crippen molar-refractivity contribution >= 4 is 11.8 Å². The van der Waals surface area contributed by atoms with E-state index in [0.717, 1.165) is 0 Å². The minimum absolute atomic E-state index is 0.0892. The van der Waals surface area contributed by atoms with Gasteiger partial charge >= 0.3 is 12.4 Å². The van der Waals surface area contributed by atoms with E-state index in [1.165, 1.54) is 7.05 Å². The molecule has 0 aliphatic rings.